The van der Waals surface area contributed by atoms with Crippen molar-refractivity contribution in [3.63, 3.8) is 0 Å². The molecule has 0 bridgehead atoms. The predicted molar refractivity (Wildman–Crippen MR) is 347 cm³/mol. The Morgan fingerprint density at radius 1 is 0.491 bits per heavy atom. The van der Waals surface area contributed by atoms with Crippen molar-refractivity contribution in [2.24, 2.45) is 50.2 Å². The lowest BCUT2D eigenvalue weighted by atomic mass is 9.33. The van der Waals surface area contributed by atoms with Crippen LogP contribution in [0.25, 0.3) is 0 Å². The van der Waals surface area contributed by atoms with Crippen molar-refractivity contribution < 1.29 is 178 Å². The van der Waals surface area contributed by atoms with E-state index in [9.17, 15) is 107 Å². The highest BCUT2D eigenvalue weighted by atomic mass is 16.8. The zero-order valence-electron chi connectivity index (χ0n) is 60.5. The zero-order valence-corrected chi connectivity index (χ0v) is 60.5. The maximum atomic E-state index is 15.9. The Morgan fingerprint density at radius 2 is 1.01 bits per heavy atom. The Hall–Kier alpha value is -2.89. The smallest absolute Gasteiger partial charge is 0.335 e. The monoisotopic (exact) mass is 1530 g/mol. The van der Waals surface area contributed by atoms with Gasteiger partial charge in [0.15, 0.2) is 49.9 Å². The third-order valence-electron chi connectivity index (χ3n) is 26.8. The number of carboxylic acids is 1. The van der Waals surface area contributed by atoms with Gasteiger partial charge in [-0.25, -0.2) is 4.79 Å². The third kappa shape index (κ3) is 14.0. The summed E-state index contributed by atoms with van der Waals surface area (Å²) in [7, 11) is 0. The largest absolute Gasteiger partial charge is 0.479 e. The van der Waals surface area contributed by atoms with Crippen LogP contribution in [0.4, 0.5) is 0 Å². The van der Waals surface area contributed by atoms with Crippen molar-refractivity contribution in [2.45, 2.75) is 335 Å². The van der Waals surface area contributed by atoms with Crippen LogP contribution < -0.4 is 0 Å². The number of fused-ring (bicyclic) bond motifs is 7. The van der Waals surface area contributed by atoms with E-state index in [-0.39, 0.29) is 25.2 Å². The van der Waals surface area contributed by atoms with Gasteiger partial charge in [0.2, 0.25) is 6.29 Å². The van der Waals surface area contributed by atoms with Gasteiger partial charge in [-0.1, -0.05) is 53.2 Å². The highest BCUT2D eigenvalue weighted by molar-refractivity contribution is 5.80. The fourth-order valence-corrected chi connectivity index (χ4v) is 20.2. The second-order valence-electron chi connectivity index (χ2n) is 33.6. The number of hydrogen-bond donors (Lipinski definition) is 19. The lowest BCUT2D eigenvalue weighted by Crippen LogP contribution is -2.69. The second-order valence-corrected chi connectivity index (χ2v) is 33.6. The molecule has 606 valence electrons. The number of carbonyl (C=O) groups excluding carboxylic acids is 2. The summed E-state index contributed by atoms with van der Waals surface area (Å²) in [6.07, 6.45) is -56.6. The Labute approximate surface area is 610 Å². The minimum Gasteiger partial charge on any atom is -0.479 e. The molecule has 7 heterocycles. The molecule has 5 aliphatic carbocycles. The molecule has 7 saturated heterocycles. The van der Waals surface area contributed by atoms with Crippen LogP contribution in [0, 0.1) is 50.2 Å². The van der Waals surface area contributed by atoms with Gasteiger partial charge in [-0.15, -0.1) is 0 Å². The molecule has 0 radical (unpaired) electrons. The molecule has 106 heavy (non-hydrogen) atoms. The number of esters is 1. The topological polar surface area (TPSA) is 565 Å². The number of aliphatic hydroxyl groups is 18. The van der Waals surface area contributed by atoms with Gasteiger partial charge >= 0.3 is 11.9 Å². The summed E-state index contributed by atoms with van der Waals surface area (Å²) in [6, 6.07) is 0. The van der Waals surface area contributed by atoms with Crippen LogP contribution in [0.15, 0.2) is 11.6 Å². The Balaban J connectivity index is 0.814. The van der Waals surface area contributed by atoms with Crippen LogP contribution in [0.5, 0.6) is 0 Å². The van der Waals surface area contributed by atoms with Gasteiger partial charge in [-0.05, 0) is 118 Å². The molecule has 11 fully saturated rings. The molecule has 4 saturated carbocycles. The van der Waals surface area contributed by atoms with E-state index in [0.29, 0.717) is 38.5 Å². The number of carbonyl (C=O) groups is 3. The quantitative estimate of drug-likeness (QED) is 0.0279. The molecule has 43 atom stereocenters. The van der Waals surface area contributed by atoms with E-state index in [2.05, 4.69) is 40.7 Å². The lowest BCUT2D eigenvalue weighted by Gasteiger charge is -2.71. The van der Waals surface area contributed by atoms with E-state index < -0.39 is 291 Å². The number of aliphatic carboxylic acids is 1. The number of hydrogen-bond acceptors (Lipinski definition) is 35. The Morgan fingerprint density at radius 3 is 1.61 bits per heavy atom. The first-order valence-electron chi connectivity index (χ1n) is 36.9. The van der Waals surface area contributed by atoms with Gasteiger partial charge in [-0.3, -0.25) is 4.79 Å². The number of aldehydes is 1. The maximum absolute atomic E-state index is 15.9. The molecular formula is C70H110O36. The molecular weight excluding hydrogens is 1420 g/mol. The first kappa shape index (κ1) is 82.6. The van der Waals surface area contributed by atoms with Crippen molar-refractivity contribution in [3.05, 3.63) is 11.6 Å². The molecule has 12 rings (SSSR count). The van der Waals surface area contributed by atoms with Gasteiger partial charge in [0.25, 0.3) is 0 Å². The van der Waals surface area contributed by atoms with Crippen molar-refractivity contribution in [1.82, 2.24) is 0 Å². The van der Waals surface area contributed by atoms with Gasteiger partial charge < -0.3 is 168 Å². The standard InChI is InChI=1S/C70H110O36/c1-24-36(76)41(81)46(86)59(95-24)102-51-48(88)53(56(90)91)103-63(55(51)105-60-47(87)42(82)40(80)31(20-71)98-60)99-35-13-14-66(6)32(67(35,7)23-72)12-15-68(8)33(66)11-10-27-28-18-65(4,5)16-17-70(28,34(75)19-69(27,68)9)64(92)106-62-54(43(83)37(77)25(2)96-62)104-61-49(89)52(101-58-45(85)39(79)30(74)22-94-58)50(26(3)97-61)100-57-44(84)38(78)29(73)21-93-57/h10,23-26,28-55,57-63,71,73-89H,11-22H2,1-9H3,(H,90,91)/t24-,25+,26-,28-,29+,30+,31+,32+,33+,34?,35?,36-,37-,38-,39-,40-,41+,42-,43-,44+,45+,46+,47+,48-,49+,50-,51-,52-,53-,54+,55+,57-,58-,59+,60-,61-,62-,63+,66-,67-,68+,69+,70+/m0/s1. The highest BCUT2D eigenvalue weighted by Crippen LogP contribution is 2.76. The molecule has 12 aliphatic rings. The number of carboxylic acid groups (broad SMARTS) is 1. The SMILES string of the molecule is C[C@@H]1O[C@H](O[C@H]2[C@H](O)[C@@H](C(=O)O)O[C@@H](OC3CC[C@@]4(C)[C@@H](CC[C@]5(C)[C@@H]4CC=C4[C@@H]6CC(C)(C)CC[C@]6(C(=O)O[C@@H]6O[C@H](C)[C@H](O)[C@H](O)[C@H]6O[C@@H]6O[C@@H](C)[C@H](O[C@@H]7OC[C@@H](O)[C@H](O)[C@H]7O)[C@@H](O[C@@H]7OC[C@@H](O)[C@H](O)[C@H]7O)[C@H]6O)C(O)C[C@]45C)[C@]3(C)C=O)[C@@H]2O[C@@H]2O[C@H](CO)[C@H](O)[C@H](O)[C@H]2O)[C@H](O)[C@H](O)[C@H]1O. The summed E-state index contributed by atoms with van der Waals surface area (Å²) in [4.78, 5) is 43.2. The van der Waals surface area contributed by atoms with Crippen LogP contribution in [-0.2, 0) is 80.7 Å². The van der Waals surface area contributed by atoms with E-state index in [4.69, 9.17) is 66.3 Å². The molecule has 36 nitrogen and oxygen atoms in total. The van der Waals surface area contributed by atoms with E-state index >= 15 is 4.79 Å². The lowest BCUT2D eigenvalue weighted by molar-refractivity contribution is -0.394. The Kier molecular flexibility index (Phi) is 24.0. The molecule has 2 unspecified atom stereocenters. The summed E-state index contributed by atoms with van der Waals surface area (Å²) < 4.78 is 84.9. The molecule has 0 aromatic rings. The molecule has 0 aromatic carbocycles. The zero-order chi connectivity index (χ0) is 77.5. The van der Waals surface area contributed by atoms with Crippen LogP contribution in [0.3, 0.4) is 0 Å². The first-order valence-corrected chi connectivity index (χ1v) is 36.9. The van der Waals surface area contributed by atoms with Crippen LogP contribution in [-0.4, -0.2) is 350 Å². The fourth-order valence-electron chi connectivity index (χ4n) is 20.2. The molecule has 0 aromatic heterocycles. The minimum atomic E-state index is -2.24. The highest BCUT2D eigenvalue weighted by Gasteiger charge is 2.73. The fraction of sp³-hybridized carbons (Fsp3) is 0.929. The van der Waals surface area contributed by atoms with E-state index in [0.717, 1.165) is 11.9 Å². The van der Waals surface area contributed by atoms with Crippen LogP contribution in [0.2, 0.25) is 0 Å². The van der Waals surface area contributed by atoms with Crippen molar-refractivity contribution in [2.75, 3.05) is 19.8 Å². The van der Waals surface area contributed by atoms with Crippen LogP contribution >= 0.6 is 0 Å². The van der Waals surface area contributed by atoms with Crippen molar-refractivity contribution >= 4 is 18.2 Å². The average molecular weight is 1530 g/mol. The maximum Gasteiger partial charge on any atom is 0.335 e. The summed E-state index contributed by atoms with van der Waals surface area (Å²) in [5.74, 6) is -4.11. The molecule has 7 aliphatic heterocycles. The van der Waals surface area contributed by atoms with E-state index in [1.54, 1.807) is 6.92 Å². The van der Waals surface area contributed by atoms with Crippen molar-refractivity contribution in [1.29, 1.82) is 0 Å². The molecule has 0 spiro atoms. The number of allylic oxidation sites excluding steroid dienone is 2. The minimum absolute atomic E-state index is 0.0248. The number of rotatable bonds is 17. The van der Waals surface area contributed by atoms with E-state index in [1.165, 1.54) is 20.8 Å². The van der Waals surface area contributed by atoms with Gasteiger partial charge in [0, 0.05) is 0 Å². The summed E-state index contributed by atoms with van der Waals surface area (Å²) in [5.41, 5.74) is -4.93. The molecule has 0 amide bonds. The summed E-state index contributed by atoms with van der Waals surface area (Å²) >= 11 is 0. The normalized spacial score (nSPS) is 55.4. The molecule has 19 N–H and O–H groups in total. The molecule has 36 heteroatoms. The van der Waals surface area contributed by atoms with Gasteiger partial charge in [0.1, 0.15) is 140 Å². The number of ether oxygens (including phenoxy) is 14. The van der Waals surface area contributed by atoms with Crippen molar-refractivity contribution in [3.8, 4) is 0 Å². The van der Waals surface area contributed by atoms with E-state index in [1.807, 2.05) is 0 Å². The predicted octanol–water partition coefficient (Wildman–Crippen LogP) is -5.96. The van der Waals surface area contributed by atoms with Crippen LogP contribution in [0.1, 0.15) is 120 Å². The van der Waals surface area contributed by atoms with Gasteiger partial charge in [-0.2, -0.15) is 0 Å². The van der Waals surface area contributed by atoms with Gasteiger partial charge in [0.05, 0.1) is 55.8 Å². The average Bonchev–Trinajstić information content (AvgIpc) is 0.670. The second kappa shape index (κ2) is 30.8. The number of aliphatic hydroxyl groups excluding tert-OH is 18. The third-order valence-corrected chi connectivity index (χ3v) is 26.8. The summed E-state index contributed by atoms with van der Waals surface area (Å²) in [6.45, 7) is 14.4. The first-order chi connectivity index (χ1) is 49.6. The Bertz CT molecular complexity index is 3120. The summed E-state index contributed by atoms with van der Waals surface area (Å²) in [5, 5.41) is 210.